The van der Waals surface area contributed by atoms with E-state index in [0.717, 1.165) is 13.1 Å². The van der Waals surface area contributed by atoms with Gasteiger partial charge in [-0.2, -0.15) is 0 Å². The molecule has 0 aromatic rings. The van der Waals surface area contributed by atoms with Crippen LogP contribution in [0.15, 0.2) is 0 Å². The normalized spacial score (nSPS) is 23.3. The van der Waals surface area contributed by atoms with Crippen molar-refractivity contribution in [1.29, 1.82) is 0 Å². The van der Waals surface area contributed by atoms with E-state index in [9.17, 15) is 0 Å². The SMILES string of the molecule is COCC1(CO)CNC1. The van der Waals surface area contributed by atoms with Crippen molar-refractivity contribution < 1.29 is 9.84 Å². The van der Waals surface area contributed by atoms with Crippen molar-refractivity contribution in [2.75, 3.05) is 33.4 Å². The first-order valence-corrected chi connectivity index (χ1v) is 3.13. The predicted molar refractivity (Wildman–Crippen MR) is 34.3 cm³/mol. The van der Waals surface area contributed by atoms with E-state index in [4.69, 9.17) is 9.84 Å². The van der Waals surface area contributed by atoms with Gasteiger partial charge in [0.05, 0.1) is 13.2 Å². The van der Waals surface area contributed by atoms with Crippen LogP contribution in [0.1, 0.15) is 0 Å². The number of rotatable bonds is 3. The van der Waals surface area contributed by atoms with Crippen LogP contribution in [0.4, 0.5) is 0 Å². The molecule has 0 aliphatic carbocycles. The van der Waals surface area contributed by atoms with Crippen LogP contribution >= 0.6 is 0 Å². The Balaban J connectivity index is 2.28. The van der Waals surface area contributed by atoms with E-state index >= 15 is 0 Å². The van der Waals surface area contributed by atoms with Gasteiger partial charge in [0.25, 0.3) is 0 Å². The van der Waals surface area contributed by atoms with E-state index in [-0.39, 0.29) is 12.0 Å². The van der Waals surface area contributed by atoms with E-state index < -0.39 is 0 Å². The lowest BCUT2D eigenvalue weighted by atomic mass is 9.84. The van der Waals surface area contributed by atoms with Gasteiger partial charge in [-0.1, -0.05) is 0 Å². The molecule has 0 aromatic heterocycles. The average molecular weight is 131 g/mol. The van der Waals surface area contributed by atoms with E-state index in [1.807, 2.05) is 0 Å². The fraction of sp³-hybridized carbons (Fsp3) is 1.00. The molecule has 0 bridgehead atoms. The Kier molecular flexibility index (Phi) is 2.05. The first-order chi connectivity index (χ1) is 4.33. The molecule has 0 atom stereocenters. The summed E-state index contributed by atoms with van der Waals surface area (Å²) in [6, 6.07) is 0. The third-order valence-electron chi connectivity index (χ3n) is 1.79. The van der Waals surface area contributed by atoms with E-state index in [2.05, 4.69) is 5.32 Å². The quantitative estimate of drug-likeness (QED) is 0.527. The molecule has 0 amide bonds. The van der Waals surface area contributed by atoms with Crippen molar-refractivity contribution in [1.82, 2.24) is 5.32 Å². The maximum absolute atomic E-state index is 8.85. The molecule has 1 heterocycles. The number of methoxy groups -OCH3 is 1. The molecule has 54 valence electrons. The zero-order chi connectivity index (χ0) is 6.74. The summed E-state index contributed by atoms with van der Waals surface area (Å²) < 4.78 is 4.94. The Morgan fingerprint density at radius 1 is 1.67 bits per heavy atom. The van der Waals surface area contributed by atoms with Crippen LogP contribution in [0.3, 0.4) is 0 Å². The van der Waals surface area contributed by atoms with Gasteiger partial charge in [-0.15, -0.1) is 0 Å². The smallest absolute Gasteiger partial charge is 0.0565 e. The highest BCUT2D eigenvalue weighted by Crippen LogP contribution is 2.20. The second kappa shape index (κ2) is 2.64. The topological polar surface area (TPSA) is 41.5 Å². The standard InChI is InChI=1S/C6H13NO2/c1-9-5-6(4-8)2-7-3-6/h7-8H,2-5H2,1H3. The van der Waals surface area contributed by atoms with Crippen LogP contribution in [0.2, 0.25) is 0 Å². The summed E-state index contributed by atoms with van der Waals surface area (Å²) in [5, 5.41) is 11.9. The molecular formula is C6H13NO2. The zero-order valence-electron chi connectivity index (χ0n) is 5.68. The van der Waals surface area contributed by atoms with Crippen LogP contribution in [-0.4, -0.2) is 38.5 Å². The fourth-order valence-electron chi connectivity index (χ4n) is 1.04. The lowest BCUT2D eigenvalue weighted by Gasteiger charge is -2.40. The summed E-state index contributed by atoms with van der Waals surface area (Å²) in [6.07, 6.45) is 0. The van der Waals surface area contributed by atoms with Gasteiger partial charge in [-0.25, -0.2) is 0 Å². The fourth-order valence-corrected chi connectivity index (χ4v) is 1.04. The number of aliphatic hydroxyl groups is 1. The Labute approximate surface area is 55.0 Å². The first-order valence-electron chi connectivity index (χ1n) is 3.13. The molecular weight excluding hydrogens is 118 g/mol. The number of hydrogen-bond acceptors (Lipinski definition) is 3. The molecule has 1 saturated heterocycles. The maximum Gasteiger partial charge on any atom is 0.0565 e. The van der Waals surface area contributed by atoms with Crippen molar-refractivity contribution in [2.45, 2.75) is 0 Å². The van der Waals surface area contributed by atoms with E-state index in [0.29, 0.717) is 6.61 Å². The molecule has 0 spiro atoms. The summed E-state index contributed by atoms with van der Waals surface area (Å²) in [5.74, 6) is 0. The summed E-state index contributed by atoms with van der Waals surface area (Å²) in [7, 11) is 1.66. The number of nitrogens with one attached hydrogen (secondary N) is 1. The third kappa shape index (κ3) is 1.23. The van der Waals surface area contributed by atoms with Crippen molar-refractivity contribution >= 4 is 0 Å². The molecule has 0 aromatic carbocycles. The number of ether oxygens (including phenoxy) is 1. The van der Waals surface area contributed by atoms with E-state index in [1.165, 1.54) is 0 Å². The molecule has 1 aliphatic heterocycles. The van der Waals surface area contributed by atoms with Crippen LogP contribution in [-0.2, 0) is 4.74 Å². The van der Waals surface area contributed by atoms with Crippen LogP contribution < -0.4 is 5.32 Å². The minimum Gasteiger partial charge on any atom is -0.396 e. The summed E-state index contributed by atoms with van der Waals surface area (Å²) >= 11 is 0. The predicted octanol–water partition coefficient (Wildman–Crippen LogP) is -0.785. The summed E-state index contributed by atoms with van der Waals surface area (Å²) in [6.45, 7) is 2.67. The highest BCUT2D eigenvalue weighted by molar-refractivity contribution is 4.91. The largest absolute Gasteiger partial charge is 0.396 e. The second-order valence-electron chi connectivity index (χ2n) is 2.69. The van der Waals surface area contributed by atoms with Crippen molar-refractivity contribution in [3.63, 3.8) is 0 Å². The molecule has 0 radical (unpaired) electrons. The van der Waals surface area contributed by atoms with Gasteiger partial charge in [0, 0.05) is 25.6 Å². The molecule has 1 aliphatic rings. The van der Waals surface area contributed by atoms with Crippen LogP contribution in [0, 0.1) is 5.41 Å². The van der Waals surface area contributed by atoms with Crippen LogP contribution in [0.5, 0.6) is 0 Å². The molecule has 2 N–H and O–H groups in total. The lowest BCUT2D eigenvalue weighted by molar-refractivity contribution is -0.00763. The van der Waals surface area contributed by atoms with Gasteiger partial charge >= 0.3 is 0 Å². The summed E-state index contributed by atoms with van der Waals surface area (Å²) in [5.41, 5.74) is 0.0365. The van der Waals surface area contributed by atoms with E-state index in [1.54, 1.807) is 7.11 Å². The molecule has 9 heavy (non-hydrogen) atoms. The Hall–Kier alpha value is -0.120. The van der Waals surface area contributed by atoms with Gasteiger partial charge in [0.1, 0.15) is 0 Å². The van der Waals surface area contributed by atoms with Crippen molar-refractivity contribution in [2.24, 2.45) is 5.41 Å². The van der Waals surface area contributed by atoms with Gasteiger partial charge < -0.3 is 15.2 Å². The van der Waals surface area contributed by atoms with Crippen LogP contribution in [0.25, 0.3) is 0 Å². The molecule has 3 heteroatoms. The number of aliphatic hydroxyl groups excluding tert-OH is 1. The summed E-state index contributed by atoms with van der Waals surface area (Å²) in [4.78, 5) is 0. The zero-order valence-corrected chi connectivity index (χ0v) is 5.68. The maximum atomic E-state index is 8.85. The lowest BCUT2D eigenvalue weighted by Crippen LogP contribution is -2.58. The van der Waals surface area contributed by atoms with Crippen molar-refractivity contribution in [3.05, 3.63) is 0 Å². The molecule has 3 nitrogen and oxygen atoms in total. The Bertz CT molecular complexity index is 85.5. The van der Waals surface area contributed by atoms with Gasteiger partial charge in [0.2, 0.25) is 0 Å². The Morgan fingerprint density at radius 3 is 2.44 bits per heavy atom. The highest BCUT2D eigenvalue weighted by Gasteiger charge is 2.35. The minimum atomic E-state index is 0.0365. The van der Waals surface area contributed by atoms with Gasteiger partial charge in [0.15, 0.2) is 0 Å². The Morgan fingerprint density at radius 2 is 2.33 bits per heavy atom. The number of hydrogen-bond donors (Lipinski definition) is 2. The molecule has 0 saturated carbocycles. The monoisotopic (exact) mass is 131 g/mol. The minimum absolute atomic E-state index is 0.0365. The second-order valence-corrected chi connectivity index (χ2v) is 2.69. The average Bonchev–Trinajstić information content (AvgIpc) is 1.79. The third-order valence-corrected chi connectivity index (χ3v) is 1.79. The molecule has 0 unspecified atom stereocenters. The first kappa shape index (κ1) is 6.99. The highest BCUT2D eigenvalue weighted by atomic mass is 16.5. The van der Waals surface area contributed by atoms with Crippen molar-refractivity contribution in [3.8, 4) is 0 Å². The molecule has 1 fully saturated rings. The molecule has 1 rings (SSSR count). The van der Waals surface area contributed by atoms with Gasteiger partial charge in [-0.3, -0.25) is 0 Å². The van der Waals surface area contributed by atoms with Gasteiger partial charge in [-0.05, 0) is 0 Å².